The predicted octanol–water partition coefficient (Wildman–Crippen LogP) is -1.89. The summed E-state index contributed by atoms with van der Waals surface area (Å²) in [5, 5.41) is 29.1. The van der Waals surface area contributed by atoms with Gasteiger partial charge in [0, 0.05) is 12.0 Å². The van der Waals surface area contributed by atoms with Gasteiger partial charge in [0.2, 0.25) is 5.91 Å². The lowest BCUT2D eigenvalue weighted by Gasteiger charge is -2.27. The molecular formula is C9H18NO8P. The van der Waals surface area contributed by atoms with Crippen LogP contribution in [-0.2, 0) is 14.2 Å². The fraction of sp³-hybridized carbons (Fsp3) is 0.778. The quantitative estimate of drug-likeness (QED) is 0.297. The Morgan fingerprint density at radius 2 is 1.79 bits per heavy atom. The number of aliphatic hydroxyl groups excluding tert-OH is 2. The number of amides is 1. The molecule has 1 amide bonds. The topological polar surface area (TPSA) is 164 Å². The van der Waals surface area contributed by atoms with Gasteiger partial charge in [0.05, 0.1) is 6.61 Å². The van der Waals surface area contributed by atoms with Crippen molar-refractivity contribution in [3.63, 3.8) is 0 Å². The molecule has 0 aliphatic rings. The molecule has 0 rings (SSSR count). The lowest BCUT2D eigenvalue weighted by atomic mass is 9.87. The first kappa shape index (κ1) is 18.0. The molecule has 0 spiro atoms. The van der Waals surface area contributed by atoms with Gasteiger partial charge in [0.15, 0.2) is 5.66 Å². The fourth-order valence-electron chi connectivity index (χ4n) is 1.09. The predicted molar refractivity (Wildman–Crippen MR) is 63.4 cm³/mol. The maximum Gasteiger partial charge on any atom is 0.341 e. The van der Waals surface area contributed by atoms with E-state index in [0.717, 1.165) is 0 Å². The molecular weight excluding hydrogens is 281 g/mol. The van der Waals surface area contributed by atoms with Crippen LogP contribution in [0.15, 0.2) is 0 Å². The average molecular weight is 299 g/mol. The third-order valence-corrected chi connectivity index (χ3v) is 3.77. The summed E-state index contributed by atoms with van der Waals surface area (Å²) in [4.78, 5) is 39.7. The van der Waals surface area contributed by atoms with E-state index >= 15 is 0 Å². The van der Waals surface area contributed by atoms with Crippen LogP contribution in [0.3, 0.4) is 0 Å². The highest BCUT2D eigenvalue weighted by atomic mass is 31.2. The lowest BCUT2D eigenvalue weighted by molar-refractivity contribution is -0.138. The van der Waals surface area contributed by atoms with E-state index < -0.39 is 49.8 Å². The Morgan fingerprint density at radius 3 is 2.11 bits per heavy atom. The molecule has 10 heteroatoms. The first-order valence-electron chi connectivity index (χ1n) is 5.28. The average Bonchev–Trinajstić information content (AvgIpc) is 2.25. The Labute approximate surface area is 109 Å². The molecule has 9 nitrogen and oxygen atoms in total. The molecule has 0 aliphatic carbocycles. The second kappa shape index (κ2) is 6.44. The van der Waals surface area contributed by atoms with Gasteiger partial charge >= 0.3 is 13.6 Å². The van der Waals surface area contributed by atoms with Crippen LogP contribution in [-0.4, -0.2) is 61.9 Å². The normalized spacial score (nSPS) is 15.7. The second-order valence-corrected chi connectivity index (χ2v) is 6.54. The molecule has 112 valence electrons. The molecule has 2 atom stereocenters. The van der Waals surface area contributed by atoms with E-state index in [1.165, 1.54) is 13.8 Å². The van der Waals surface area contributed by atoms with Crippen LogP contribution in [0.1, 0.15) is 13.8 Å². The highest BCUT2D eigenvalue weighted by molar-refractivity contribution is 7.53. The van der Waals surface area contributed by atoms with Gasteiger partial charge in [-0.1, -0.05) is 13.8 Å². The Kier molecular flexibility index (Phi) is 6.11. The van der Waals surface area contributed by atoms with Gasteiger partial charge in [0.25, 0.3) is 0 Å². The summed E-state index contributed by atoms with van der Waals surface area (Å²) >= 11 is 0. The summed E-state index contributed by atoms with van der Waals surface area (Å²) in [6, 6.07) is 0. The number of aliphatic carboxylic acids is 1. The smallest absolute Gasteiger partial charge is 0.341 e. The number of hydrogen-bond acceptors (Lipinski definition) is 5. The van der Waals surface area contributed by atoms with Crippen molar-refractivity contribution >= 4 is 19.5 Å². The monoisotopic (exact) mass is 299 g/mol. The van der Waals surface area contributed by atoms with Crippen LogP contribution < -0.4 is 5.32 Å². The van der Waals surface area contributed by atoms with Gasteiger partial charge in [0.1, 0.15) is 6.10 Å². The van der Waals surface area contributed by atoms with Crippen molar-refractivity contribution in [2.24, 2.45) is 5.41 Å². The van der Waals surface area contributed by atoms with E-state index in [-0.39, 0.29) is 0 Å². The van der Waals surface area contributed by atoms with Crippen molar-refractivity contribution in [1.82, 2.24) is 5.32 Å². The van der Waals surface area contributed by atoms with Crippen LogP contribution in [0.25, 0.3) is 0 Å². The highest BCUT2D eigenvalue weighted by Gasteiger charge is 2.38. The summed E-state index contributed by atoms with van der Waals surface area (Å²) < 4.78 is 10.9. The number of carbonyl (C=O) groups is 2. The minimum Gasteiger partial charge on any atom is -0.481 e. The van der Waals surface area contributed by atoms with Gasteiger partial charge < -0.3 is 30.4 Å². The largest absolute Gasteiger partial charge is 0.481 e. The Balaban J connectivity index is 4.68. The molecule has 2 unspecified atom stereocenters. The van der Waals surface area contributed by atoms with E-state index in [9.17, 15) is 19.3 Å². The third kappa shape index (κ3) is 5.25. The number of hydrogen-bond donors (Lipinski definition) is 6. The van der Waals surface area contributed by atoms with Crippen molar-refractivity contribution < 1.29 is 39.3 Å². The number of rotatable bonds is 7. The van der Waals surface area contributed by atoms with E-state index in [0.29, 0.717) is 0 Å². The SMILES string of the molecule is CC(C)(CO)C(O)C(=O)NCC(C(=O)O)P(=O)(O)O. The van der Waals surface area contributed by atoms with Crippen LogP contribution in [0.5, 0.6) is 0 Å². The Hall–Kier alpha value is -0.990. The lowest BCUT2D eigenvalue weighted by Crippen LogP contribution is -2.48. The number of carbonyl (C=O) groups excluding carboxylic acids is 1. The molecule has 0 aromatic rings. The summed E-state index contributed by atoms with van der Waals surface area (Å²) in [6.07, 6.45) is -1.64. The van der Waals surface area contributed by atoms with E-state index in [1.807, 2.05) is 5.32 Å². The van der Waals surface area contributed by atoms with Crippen LogP contribution in [0.4, 0.5) is 0 Å². The van der Waals surface area contributed by atoms with Crippen molar-refractivity contribution in [1.29, 1.82) is 0 Å². The van der Waals surface area contributed by atoms with E-state index in [1.54, 1.807) is 0 Å². The second-order valence-electron chi connectivity index (χ2n) is 4.74. The highest BCUT2D eigenvalue weighted by Crippen LogP contribution is 2.40. The zero-order chi connectivity index (χ0) is 15.4. The van der Waals surface area contributed by atoms with E-state index in [2.05, 4.69) is 0 Å². The van der Waals surface area contributed by atoms with Crippen molar-refractivity contribution in [2.45, 2.75) is 25.6 Å². The molecule has 0 aromatic carbocycles. The molecule has 0 saturated carbocycles. The van der Waals surface area contributed by atoms with Gasteiger partial charge in [-0.2, -0.15) is 0 Å². The molecule has 0 radical (unpaired) electrons. The zero-order valence-electron chi connectivity index (χ0n) is 10.5. The Morgan fingerprint density at radius 1 is 1.32 bits per heavy atom. The molecule has 0 aromatic heterocycles. The van der Waals surface area contributed by atoms with Gasteiger partial charge in [-0.15, -0.1) is 0 Å². The summed E-state index contributed by atoms with van der Waals surface area (Å²) in [7, 11) is -4.91. The first-order chi connectivity index (χ1) is 8.43. The molecule has 0 heterocycles. The van der Waals surface area contributed by atoms with Crippen molar-refractivity contribution in [3.05, 3.63) is 0 Å². The fourth-order valence-corrected chi connectivity index (χ4v) is 1.70. The first-order valence-corrected chi connectivity index (χ1v) is 6.96. The summed E-state index contributed by atoms with van der Waals surface area (Å²) in [5.74, 6) is -2.77. The molecule has 0 bridgehead atoms. The van der Waals surface area contributed by atoms with Crippen LogP contribution in [0, 0.1) is 5.41 Å². The Bertz CT molecular complexity index is 390. The number of nitrogens with one attached hydrogen (secondary N) is 1. The zero-order valence-corrected chi connectivity index (χ0v) is 11.4. The summed E-state index contributed by atoms with van der Waals surface area (Å²) in [6.45, 7) is 1.48. The maximum absolute atomic E-state index is 11.5. The third-order valence-electron chi connectivity index (χ3n) is 2.56. The van der Waals surface area contributed by atoms with Crippen molar-refractivity contribution in [2.75, 3.05) is 13.2 Å². The standard InChI is InChI=1S/C9H18NO8P/c1-9(2,4-11)6(12)7(13)10-3-5(8(14)15)19(16,17)18/h5-6,11-12H,3-4H2,1-2H3,(H,10,13)(H,14,15)(H2,16,17,18). The van der Waals surface area contributed by atoms with Crippen LogP contribution >= 0.6 is 7.60 Å². The number of carboxylic acids is 1. The summed E-state index contributed by atoms with van der Waals surface area (Å²) in [5.41, 5.74) is -3.24. The molecule has 0 saturated heterocycles. The molecule has 0 aliphatic heterocycles. The minimum absolute atomic E-state index is 0.498. The number of aliphatic hydroxyl groups is 2. The van der Waals surface area contributed by atoms with Crippen molar-refractivity contribution in [3.8, 4) is 0 Å². The van der Waals surface area contributed by atoms with Gasteiger partial charge in [-0.3, -0.25) is 14.2 Å². The van der Waals surface area contributed by atoms with Crippen LogP contribution in [0.2, 0.25) is 0 Å². The van der Waals surface area contributed by atoms with E-state index in [4.69, 9.17) is 20.0 Å². The van der Waals surface area contributed by atoms with Gasteiger partial charge in [-0.05, 0) is 0 Å². The minimum atomic E-state index is -4.91. The maximum atomic E-state index is 11.5. The number of carboxylic acid groups (broad SMARTS) is 1. The molecule has 0 fully saturated rings. The van der Waals surface area contributed by atoms with Gasteiger partial charge in [-0.25, -0.2) is 0 Å². The molecule has 6 N–H and O–H groups in total. The molecule has 19 heavy (non-hydrogen) atoms.